The SMILES string of the molecule is COc1cc(Br)cc(Nc2nc(N)ncc2Br)c1. The second kappa shape index (κ2) is 5.53. The highest BCUT2D eigenvalue weighted by Crippen LogP contribution is 2.29. The molecule has 0 atom stereocenters. The van der Waals surface area contributed by atoms with E-state index < -0.39 is 0 Å². The fraction of sp³-hybridized carbons (Fsp3) is 0.0909. The number of halogens is 2. The van der Waals surface area contributed by atoms with E-state index in [0.717, 1.165) is 20.4 Å². The van der Waals surface area contributed by atoms with Crippen molar-refractivity contribution < 1.29 is 4.74 Å². The minimum atomic E-state index is 0.211. The van der Waals surface area contributed by atoms with E-state index in [4.69, 9.17) is 10.5 Å². The molecule has 0 aliphatic heterocycles. The van der Waals surface area contributed by atoms with Gasteiger partial charge in [-0.1, -0.05) is 15.9 Å². The van der Waals surface area contributed by atoms with Crippen LogP contribution in [0.15, 0.2) is 33.3 Å². The molecule has 0 unspecified atom stereocenters. The molecular formula is C11H10Br2N4O. The molecule has 0 spiro atoms. The average molecular weight is 374 g/mol. The number of rotatable bonds is 3. The van der Waals surface area contributed by atoms with E-state index in [0.29, 0.717) is 5.82 Å². The van der Waals surface area contributed by atoms with Gasteiger partial charge in [0.15, 0.2) is 0 Å². The molecule has 2 aromatic rings. The predicted molar refractivity (Wildman–Crippen MR) is 78.1 cm³/mol. The Morgan fingerprint density at radius 3 is 2.78 bits per heavy atom. The number of benzene rings is 1. The zero-order chi connectivity index (χ0) is 13.1. The summed E-state index contributed by atoms with van der Waals surface area (Å²) in [6.07, 6.45) is 1.60. The van der Waals surface area contributed by atoms with Gasteiger partial charge in [0.25, 0.3) is 0 Å². The van der Waals surface area contributed by atoms with Crippen LogP contribution in [0.4, 0.5) is 17.5 Å². The maximum absolute atomic E-state index is 5.55. The molecule has 0 saturated carbocycles. The molecule has 1 aromatic carbocycles. The maximum Gasteiger partial charge on any atom is 0.222 e. The van der Waals surface area contributed by atoms with Crippen molar-refractivity contribution in [3.8, 4) is 5.75 Å². The number of nitrogens with zero attached hydrogens (tertiary/aromatic N) is 2. The number of ether oxygens (including phenoxy) is 1. The van der Waals surface area contributed by atoms with Crippen LogP contribution in [0.25, 0.3) is 0 Å². The molecule has 0 amide bonds. The molecule has 1 aromatic heterocycles. The van der Waals surface area contributed by atoms with Crippen molar-refractivity contribution >= 4 is 49.3 Å². The highest BCUT2D eigenvalue weighted by atomic mass is 79.9. The van der Waals surface area contributed by atoms with Crippen LogP contribution in [0.3, 0.4) is 0 Å². The summed E-state index contributed by atoms with van der Waals surface area (Å²) in [6.45, 7) is 0. The van der Waals surface area contributed by atoms with Gasteiger partial charge in [0.05, 0.1) is 11.6 Å². The van der Waals surface area contributed by atoms with E-state index in [2.05, 4.69) is 47.1 Å². The van der Waals surface area contributed by atoms with Crippen LogP contribution >= 0.6 is 31.9 Å². The number of nitrogen functional groups attached to an aromatic ring is 1. The van der Waals surface area contributed by atoms with Crippen LogP contribution in [0.2, 0.25) is 0 Å². The molecular weight excluding hydrogens is 364 g/mol. The number of hydrogen-bond acceptors (Lipinski definition) is 5. The number of nitrogens with one attached hydrogen (secondary N) is 1. The molecule has 0 radical (unpaired) electrons. The second-order valence-corrected chi connectivity index (χ2v) is 5.20. The first-order valence-corrected chi connectivity index (χ1v) is 6.56. The summed E-state index contributed by atoms with van der Waals surface area (Å²) in [7, 11) is 1.62. The van der Waals surface area contributed by atoms with Crippen molar-refractivity contribution in [1.29, 1.82) is 0 Å². The van der Waals surface area contributed by atoms with Crippen molar-refractivity contribution in [3.63, 3.8) is 0 Å². The molecule has 0 saturated heterocycles. The number of aromatic nitrogens is 2. The van der Waals surface area contributed by atoms with E-state index in [-0.39, 0.29) is 5.95 Å². The molecule has 2 rings (SSSR count). The van der Waals surface area contributed by atoms with Gasteiger partial charge in [0.2, 0.25) is 5.95 Å². The third kappa shape index (κ3) is 3.11. The van der Waals surface area contributed by atoms with Gasteiger partial charge < -0.3 is 15.8 Å². The summed E-state index contributed by atoms with van der Waals surface area (Å²) in [5.74, 6) is 1.55. The smallest absolute Gasteiger partial charge is 0.222 e. The van der Waals surface area contributed by atoms with Gasteiger partial charge in [-0.2, -0.15) is 4.98 Å². The lowest BCUT2D eigenvalue weighted by molar-refractivity contribution is 0.415. The van der Waals surface area contributed by atoms with E-state index in [1.54, 1.807) is 13.3 Å². The lowest BCUT2D eigenvalue weighted by Gasteiger charge is -2.10. The molecule has 0 aliphatic rings. The zero-order valence-electron chi connectivity index (χ0n) is 9.45. The van der Waals surface area contributed by atoms with E-state index in [1.807, 2.05) is 18.2 Å². The number of hydrogen-bond donors (Lipinski definition) is 2. The molecule has 18 heavy (non-hydrogen) atoms. The average Bonchev–Trinajstić information content (AvgIpc) is 2.33. The third-order valence-corrected chi connectivity index (χ3v) is 3.17. The molecule has 0 fully saturated rings. The standard InChI is InChI=1S/C11H10Br2N4O/c1-18-8-3-6(12)2-7(4-8)16-10-9(13)5-15-11(14)17-10/h2-5H,1H3,(H3,14,15,16,17). The zero-order valence-corrected chi connectivity index (χ0v) is 12.6. The van der Waals surface area contributed by atoms with Crippen molar-refractivity contribution in [2.45, 2.75) is 0 Å². The van der Waals surface area contributed by atoms with Crippen LogP contribution in [0.1, 0.15) is 0 Å². The fourth-order valence-corrected chi connectivity index (χ4v) is 2.12. The lowest BCUT2D eigenvalue weighted by atomic mass is 10.3. The molecule has 0 bridgehead atoms. The predicted octanol–water partition coefficient (Wildman–Crippen LogP) is 3.34. The quantitative estimate of drug-likeness (QED) is 0.863. The van der Waals surface area contributed by atoms with Gasteiger partial charge in [-0.25, -0.2) is 4.98 Å². The summed E-state index contributed by atoms with van der Waals surface area (Å²) in [4.78, 5) is 7.98. The topological polar surface area (TPSA) is 73.1 Å². The molecule has 5 nitrogen and oxygen atoms in total. The van der Waals surface area contributed by atoms with Gasteiger partial charge in [0, 0.05) is 22.4 Å². The van der Waals surface area contributed by atoms with Crippen molar-refractivity contribution in [2.24, 2.45) is 0 Å². The summed E-state index contributed by atoms with van der Waals surface area (Å²) < 4.78 is 6.83. The minimum Gasteiger partial charge on any atom is -0.497 e. The van der Waals surface area contributed by atoms with Gasteiger partial charge >= 0.3 is 0 Å². The normalized spacial score (nSPS) is 10.2. The first-order chi connectivity index (χ1) is 8.58. The Kier molecular flexibility index (Phi) is 4.03. The molecule has 3 N–H and O–H groups in total. The van der Waals surface area contributed by atoms with Gasteiger partial charge in [0.1, 0.15) is 11.6 Å². The summed E-state index contributed by atoms with van der Waals surface area (Å²) >= 11 is 6.77. The van der Waals surface area contributed by atoms with Crippen molar-refractivity contribution in [1.82, 2.24) is 9.97 Å². The number of nitrogens with two attached hydrogens (primary N) is 1. The van der Waals surface area contributed by atoms with Gasteiger partial charge in [-0.15, -0.1) is 0 Å². The monoisotopic (exact) mass is 372 g/mol. The Morgan fingerprint density at radius 2 is 2.06 bits per heavy atom. The summed E-state index contributed by atoms with van der Waals surface area (Å²) in [6, 6.07) is 5.64. The summed E-state index contributed by atoms with van der Waals surface area (Å²) in [5.41, 5.74) is 6.38. The van der Waals surface area contributed by atoms with E-state index in [1.165, 1.54) is 0 Å². The Hall–Kier alpha value is -1.34. The van der Waals surface area contributed by atoms with Gasteiger partial charge in [-0.3, -0.25) is 0 Å². The first-order valence-electron chi connectivity index (χ1n) is 4.98. The molecule has 0 aliphatic carbocycles. The lowest BCUT2D eigenvalue weighted by Crippen LogP contribution is -2.00. The van der Waals surface area contributed by atoms with E-state index >= 15 is 0 Å². The van der Waals surface area contributed by atoms with Crippen LogP contribution < -0.4 is 15.8 Å². The molecule has 94 valence electrons. The Labute approximate surface area is 121 Å². The fourth-order valence-electron chi connectivity index (χ4n) is 1.36. The second-order valence-electron chi connectivity index (χ2n) is 3.43. The van der Waals surface area contributed by atoms with Gasteiger partial charge in [-0.05, 0) is 28.1 Å². The molecule has 7 heteroatoms. The highest BCUT2D eigenvalue weighted by molar-refractivity contribution is 9.10. The van der Waals surface area contributed by atoms with Crippen molar-refractivity contribution in [3.05, 3.63) is 33.3 Å². The first kappa shape index (κ1) is 13.1. The van der Waals surface area contributed by atoms with Crippen LogP contribution in [-0.4, -0.2) is 17.1 Å². The van der Waals surface area contributed by atoms with Crippen LogP contribution in [-0.2, 0) is 0 Å². The third-order valence-electron chi connectivity index (χ3n) is 2.13. The Bertz CT molecular complexity index is 577. The van der Waals surface area contributed by atoms with Crippen molar-refractivity contribution in [2.75, 3.05) is 18.2 Å². The minimum absolute atomic E-state index is 0.211. The molecule has 1 heterocycles. The van der Waals surface area contributed by atoms with Crippen LogP contribution in [0, 0.1) is 0 Å². The Balaban J connectivity index is 2.33. The highest BCUT2D eigenvalue weighted by Gasteiger charge is 2.05. The number of anilines is 3. The van der Waals surface area contributed by atoms with Crippen LogP contribution in [0.5, 0.6) is 5.75 Å². The Morgan fingerprint density at radius 1 is 1.28 bits per heavy atom. The van der Waals surface area contributed by atoms with E-state index in [9.17, 15) is 0 Å². The maximum atomic E-state index is 5.55. The summed E-state index contributed by atoms with van der Waals surface area (Å²) in [5, 5.41) is 3.14. The largest absolute Gasteiger partial charge is 0.497 e. The number of methoxy groups -OCH3 is 1.